The van der Waals surface area contributed by atoms with Gasteiger partial charge in [0, 0.05) is 13.5 Å². The largest absolute Gasteiger partial charge is 0.431 e. The van der Waals surface area contributed by atoms with E-state index >= 15 is 0 Å². The number of rotatable bonds is 6. The van der Waals surface area contributed by atoms with E-state index in [1.165, 1.54) is 50.4 Å². The first-order chi connectivity index (χ1) is 15.0. The molecule has 1 atom stereocenters. The quantitative estimate of drug-likeness (QED) is 0.645. The van der Waals surface area contributed by atoms with Crippen molar-refractivity contribution in [3.8, 4) is 28.5 Å². The maximum Gasteiger partial charge on any atom is 0.412 e. The van der Waals surface area contributed by atoms with E-state index in [2.05, 4.69) is 27.5 Å². The molecule has 1 aliphatic carbocycles. The van der Waals surface area contributed by atoms with Crippen LogP contribution in [-0.4, -0.2) is 29.6 Å². The minimum atomic E-state index is -0.434. The van der Waals surface area contributed by atoms with Crippen LogP contribution in [0.3, 0.4) is 0 Å². The second kappa shape index (κ2) is 11.4. The summed E-state index contributed by atoms with van der Waals surface area (Å²) in [6.07, 6.45) is 7.31. The highest BCUT2D eigenvalue weighted by Crippen LogP contribution is 2.27. The summed E-state index contributed by atoms with van der Waals surface area (Å²) in [7, 11) is 0. The van der Waals surface area contributed by atoms with Crippen LogP contribution in [0.15, 0.2) is 30.5 Å². The first kappa shape index (κ1) is 22.6. The first-order valence-electron chi connectivity index (χ1n) is 10.5. The predicted molar refractivity (Wildman–Crippen MR) is 119 cm³/mol. The molecule has 2 amide bonds. The summed E-state index contributed by atoms with van der Waals surface area (Å²) in [5, 5.41) is 6.01. The molecule has 1 aliphatic rings. The van der Waals surface area contributed by atoms with Gasteiger partial charge in [0.05, 0.1) is 12.2 Å². The first-order valence-corrected chi connectivity index (χ1v) is 11.3. The third-order valence-electron chi connectivity index (χ3n) is 4.82. The van der Waals surface area contributed by atoms with Gasteiger partial charge in [-0.3, -0.25) is 4.79 Å². The van der Waals surface area contributed by atoms with Crippen LogP contribution >= 0.6 is 11.3 Å². The van der Waals surface area contributed by atoms with Crippen LogP contribution in [0.4, 0.5) is 4.79 Å². The Morgan fingerprint density at radius 1 is 1.19 bits per heavy atom. The molecule has 0 bridgehead atoms. The van der Waals surface area contributed by atoms with Crippen molar-refractivity contribution in [3.05, 3.63) is 35.3 Å². The number of nitrogens with one attached hydrogen (secondary N) is 2. The molecule has 1 aromatic carbocycles. The van der Waals surface area contributed by atoms with Gasteiger partial charge < -0.3 is 20.1 Å². The second-order valence-electron chi connectivity index (χ2n) is 7.53. The molecule has 1 fully saturated rings. The molecular weight excluding hydrogens is 414 g/mol. The number of hydrogen-bond donors (Lipinski definition) is 2. The summed E-state index contributed by atoms with van der Waals surface area (Å²) >= 11 is 1.31. The van der Waals surface area contributed by atoms with Crippen LogP contribution in [0.25, 0.3) is 0 Å². The van der Waals surface area contributed by atoms with Crippen LogP contribution < -0.4 is 20.1 Å². The highest BCUT2D eigenvalue weighted by atomic mass is 32.1. The molecule has 1 heterocycles. The number of thiazole rings is 1. The number of hydrogen-bond acceptors (Lipinski definition) is 6. The predicted octanol–water partition coefficient (Wildman–Crippen LogP) is 4.48. The summed E-state index contributed by atoms with van der Waals surface area (Å²) < 4.78 is 11.1. The maximum absolute atomic E-state index is 12.0. The molecule has 0 saturated heterocycles. The van der Waals surface area contributed by atoms with Crippen molar-refractivity contribution in [2.24, 2.45) is 5.92 Å². The fourth-order valence-corrected chi connectivity index (χ4v) is 3.97. The Kier molecular flexibility index (Phi) is 8.30. The number of amides is 2. The van der Waals surface area contributed by atoms with Crippen molar-refractivity contribution in [2.45, 2.75) is 52.0 Å². The SMILES string of the molecule is CC(=O)NC(C)C#Cc1cnc(Oc2ccc(OC(=O)NCC3CCCCC3)cc2)s1. The van der Waals surface area contributed by atoms with Crippen LogP contribution in [0, 0.1) is 17.8 Å². The van der Waals surface area contributed by atoms with Gasteiger partial charge in [0.2, 0.25) is 5.91 Å². The lowest BCUT2D eigenvalue weighted by Gasteiger charge is -2.21. The van der Waals surface area contributed by atoms with Gasteiger partial charge in [0.25, 0.3) is 5.19 Å². The highest BCUT2D eigenvalue weighted by molar-refractivity contribution is 7.13. The molecule has 1 aromatic heterocycles. The molecule has 7 nitrogen and oxygen atoms in total. The fraction of sp³-hybridized carbons (Fsp3) is 0.435. The normalized spacial score (nSPS) is 14.6. The lowest BCUT2D eigenvalue weighted by atomic mass is 9.89. The molecule has 3 rings (SSSR count). The number of carbonyl (C=O) groups is 2. The van der Waals surface area contributed by atoms with Crippen LogP contribution in [0.5, 0.6) is 16.7 Å². The van der Waals surface area contributed by atoms with Crippen LogP contribution in [-0.2, 0) is 4.79 Å². The minimum absolute atomic E-state index is 0.121. The van der Waals surface area contributed by atoms with Crippen molar-refractivity contribution in [1.82, 2.24) is 15.6 Å². The lowest BCUT2D eigenvalue weighted by molar-refractivity contribution is -0.119. The minimum Gasteiger partial charge on any atom is -0.431 e. The number of benzene rings is 1. The van der Waals surface area contributed by atoms with E-state index in [9.17, 15) is 9.59 Å². The molecule has 0 radical (unpaired) electrons. The molecule has 31 heavy (non-hydrogen) atoms. The van der Waals surface area contributed by atoms with E-state index in [4.69, 9.17) is 9.47 Å². The van der Waals surface area contributed by atoms with Crippen LogP contribution in [0.1, 0.15) is 50.8 Å². The summed E-state index contributed by atoms with van der Waals surface area (Å²) in [5.74, 6) is 7.37. The zero-order valence-electron chi connectivity index (χ0n) is 17.8. The average molecular weight is 442 g/mol. The number of aromatic nitrogens is 1. The number of nitrogens with zero attached hydrogens (tertiary/aromatic N) is 1. The molecule has 1 saturated carbocycles. The Morgan fingerprint density at radius 3 is 2.61 bits per heavy atom. The standard InChI is InChI=1S/C23H27N3O4S/c1-16(26-17(2)27)8-13-21-15-25-23(31-21)30-20-11-9-19(10-12-20)29-22(28)24-14-18-6-4-3-5-7-18/h9-12,15-16,18H,3-7,14H2,1-2H3,(H,24,28)(H,26,27). The zero-order chi connectivity index (χ0) is 22.1. The summed E-state index contributed by atoms with van der Waals surface area (Å²) in [6, 6.07) is 6.55. The van der Waals surface area contributed by atoms with E-state index < -0.39 is 6.09 Å². The lowest BCUT2D eigenvalue weighted by Crippen LogP contribution is -2.32. The third-order valence-corrected chi connectivity index (χ3v) is 5.61. The molecule has 1 unspecified atom stereocenters. The Balaban J connectivity index is 1.46. The van der Waals surface area contributed by atoms with Crippen molar-refractivity contribution < 1.29 is 19.1 Å². The molecule has 8 heteroatoms. The second-order valence-corrected chi connectivity index (χ2v) is 8.52. The Morgan fingerprint density at radius 2 is 1.90 bits per heavy atom. The molecule has 0 spiro atoms. The fourth-order valence-electron chi connectivity index (χ4n) is 3.32. The topological polar surface area (TPSA) is 89.6 Å². The van der Waals surface area contributed by atoms with Gasteiger partial charge >= 0.3 is 6.09 Å². The Hall–Kier alpha value is -3.05. The maximum atomic E-state index is 12.0. The molecule has 2 aromatic rings. The van der Waals surface area contributed by atoms with Crippen LogP contribution in [0.2, 0.25) is 0 Å². The highest BCUT2D eigenvalue weighted by Gasteiger charge is 2.15. The van der Waals surface area contributed by atoms with Crippen molar-refractivity contribution in [1.29, 1.82) is 0 Å². The van der Waals surface area contributed by atoms with E-state index in [-0.39, 0.29) is 11.9 Å². The third kappa shape index (κ3) is 7.95. The summed E-state index contributed by atoms with van der Waals surface area (Å²) in [5.41, 5.74) is 0. The summed E-state index contributed by atoms with van der Waals surface area (Å²) in [6.45, 7) is 3.93. The average Bonchev–Trinajstić information content (AvgIpc) is 3.20. The van der Waals surface area contributed by atoms with E-state index in [0.717, 1.165) is 4.88 Å². The van der Waals surface area contributed by atoms with Gasteiger partial charge in [0.1, 0.15) is 16.4 Å². The van der Waals surface area contributed by atoms with E-state index in [1.54, 1.807) is 30.5 Å². The molecular formula is C23H27N3O4S. The Bertz CT molecular complexity index is 940. The van der Waals surface area contributed by atoms with Crippen molar-refractivity contribution >= 4 is 23.3 Å². The van der Waals surface area contributed by atoms with Gasteiger partial charge in [0.15, 0.2) is 0 Å². The molecule has 164 valence electrons. The van der Waals surface area contributed by atoms with Gasteiger partial charge in [-0.15, -0.1) is 0 Å². The van der Waals surface area contributed by atoms with E-state index in [0.29, 0.717) is 29.2 Å². The number of ether oxygens (including phenoxy) is 2. The van der Waals surface area contributed by atoms with Gasteiger partial charge in [-0.25, -0.2) is 9.78 Å². The smallest absolute Gasteiger partial charge is 0.412 e. The number of carbonyl (C=O) groups excluding carboxylic acids is 2. The zero-order valence-corrected chi connectivity index (χ0v) is 18.6. The van der Waals surface area contributed by atoms with Crippen molar-refractivity contribution in [2.75, 3.05) is 6.54 Å². The van der Waals surface area contributed by atoms with Gasteiger partial charge in [-0.05, 0) is 49.9 Å². The monoisotopic (exact) mass is 441 g/mol. The van der Waals surface area contributed by atoms with Crippen molar-refractivity contribution in [3.63, 3.8) is 0 Å². The van der Waals surface area contributed by atoms with Gasteiger partial charge in [-0.2, -0.15) is 0 Å². The Labute approximate surface area is 186 Å². The summed E-state index contributed by atoms with van der Waals surface area (Å²) in [4.78, 5) is 27.9. The van der Waals surface area contributed by atoms with E-state index in [1.807, 2.05) is 6.92 Å². The van der Waals surface area contributed by atoms with Gasteiger partial charge in [-0.1, -0.05) is 42.4 Å². The molecule has 2 N–H and O–H groups in total. The molecule has 0 aliphatic heterocycles.